The van der Waals surface area contributed by atoms with Gasteiger partial charge in [-0.2, -0.15) is 0 Å². The number of aryl methyl sites for hydroxylation is 2. The Kier molecular flexibility index (Phi) is 5.58. The number of thiazole rings is 2. The minimum absolute atomic E-state index is 0.0582. The van der Waals surface area contributed by atoms with Gasteiger partial charge in [0, 0.05) is 49.2 Å². The zero-order valence-electron chi connectivity index (χ0n) is 23.7. The Morgan fingerprint density at radius 2 is 2.02 bits per heavy atom. The van der Waals surface area contributed by atoms with Gasteiger partial charge in [0.05, 0.1) is 40.1 Å². The molecule has 2 bridgehead atoms. The van der Waals surface area contributed by atoms with Gasteiger partial charge in [0.2, 0.25) is 11.7 Å². The first-order valence-electron chi connectivity index (χ1n) is 14.1. The maximum atomic E-state index is 13.7. The summed E-state index contributed by atoms with van der Waals surface area (Å²) in [5.74, 6) is 2.47. The molecule has 13 heteroatoms. The number of likely N-dealkylation sites (tertiary alicyclic amines) is 1. The molecule has 0 aromatic carbocycles. The average molecular weight is 603 g/mol. The third-order valence-corrected chi connectivity index (χ3v) is 11.5. The Balaban J connectivity index is 0.966. The van der Waals surface area contributed by atoms with Crippen molar-refractivity contribution in [2.45, 2.75) is 38.8 Å². The highest BCUT2D eigenvalue weighted by atomic mass is 32.1. The quantitative estimate of drug-likeness (QED) is 0.351. The fourth-order valence-corrected chi connectivity index (χ4v) is 9.54. The SMILES string of the molecule is COc1cnc(N2CCC3[C@@H]4N(C(=O)c5ccc(Nc6nc(-c7sc(C)nc7C)cs6)nc5)C5[C@H](C2)CC354)n(C)c1=O. The van der Waals surface area contributed by atoms with Crippen LogP contribution in [0.1, 0.15) is 33.9 Å². The molecule has 2 aliphatic carbocycles. The van der Waals surface area contributed by atoms with Crippen LogP contribution in [0.2, 0.25) is 0 Å². The number of nitrogens with one attached hydrogen (secondary N) is 1. The van der Waals surface area contributed by atoms with Crippen molar-refractivity contribution in [3.63, 3.8) is 0 Å². The Morgan fingerprint density at radius 3 is 2.76 bits per heavy atom. The molecule has 7 heterocycles. The van der Waals surface area contributed by atoms with E-state index in [2.05, 4.69) is 30.1 Å². The zero-order valence-corrected chi connectivity index (χ0v) is 25.3. The van der Waals surface area contributed by atoms with Crippen molar-refractivity contribution >= 4 is 45.5 Å². The predicted molar refractivity (Wildman–Crippen MR) is 161 cm³/mol. The van der Waals surface area contributed by atoms with Gasteiger partial charge in [-0.25, -0.2) is 19.9 Å². The van der Waals surface area contributed by atoms with Crippen LogP contribution in [-0.2, 0) is 7.05 Å². The van der Waals surface area contributed by atoms with E-state index in [1.807, 2.05) is 31.4 Å². The topological polar surface area (TPSA) is 118 Å². The Labute approximate surface area is 250 Å². The van der Waals surface area contributed by atoms with E-state index in [-0.39, 0.29) is 23.3 Å². The van der Waals surface area contributed by atoms with Crippen molar-refractivity contribution in [2.24, 2.45) is 24.3 Å². The van der Waals surface area contributed by atoms with E-state index in [9.17, 15) is 9.59 Å². The maximum Gasteiger partial charge on any atom is 0.297 e. The van der Waals surface area contributed by atoms with Crippen molar-refractivity contribution in [1.82, 2.24) is 29.4 Å². The molecule has 0 radical (unpaired) electrons. The molecule has 4 aromatic rings. The normalized spacial score (nSPS) is 26.9. The molecule has 3 unspecified atom stereocenters. The van der Waals surface area contributed by atoms with Crippen LogP contribution in [-0.4, -0.2) is 67.6 Å². The molecule has 9 rings (SSSR count). The first-order valence-corrected chi connectivity index (χ1v) is 15.8. The van der Waals surface area contributed by atoms with Crippen LogP contribution in [0.3, 0.4) is 0 Å². The fraction of sp³-hybridized carbons (Fsp3) is 0.448. The number of carbonyl (C=O) groups is 1. The Hall–Kier alpha value is -3.84. The summed E-state index contributed by atoms with van der Waals surface area (Å²) in [5.41, 5.74) is 2.62. The maximum absolute atomic E-state index is 13.7. The fourth-order valence-electron chi connectivity index (χ4n) is 7.88. The number of pyridine rings is 1. The van der Waals surface area contributed by atoms with E-state index in [1.54, 1.807) is 29.1 Å². The molecule has 2 saturated carbocycles. The lowest BCUT2D eigenvalue weighted by Crippen LogP contribution is -2.70. The third-order valence-electron chi connectivity index (χ3n) is 9.63. The highest BCUT2D eigenvalue weighted by Crippen LogP contribution is 2.80. The molecule has 4 aromatic heterocycles. The smallest absolute Gasteiger partial charge is 0.297 e. The van der Waals surface area contributed by atoms with Crippen LogP contribution in [0.5, 0.6) is 5.75 Å². The number of anilines is 3. The molecule has 5 aliphatic rings. The van der Waals surface area contributed by atoms with Crippen LogP contribution in [0.4, 0.5) is 16.9 Å². The predicted octanol–water partition coefficient (Wildman–Crippen LogP) is 3.86. The highest BCUT2D eigenvalue weighted by Gasteiger charge is 2.87. The van der Waals surface area contributed by atoms with Gasteiger partial charge in [-0.15, -0.1) is 22.7 Å². The Morgan fingerprint density at radius 1 is 1.17 bits per heavy atom. The second kappa shape index (κ2) is 9.08. The number of aromatic nitrogens is 5. The molecule has 3 aliphatic heterocycles. The summed E-state index contributed by atoms with van der Waals surface area (Å²) in [5, 5.41) is 7.07. The van der Waals surface area contributed by atoms with E-state index in [0.717, 1.165) is 52.3 Å². The number of amides is 1. The molecule has 5 atom stereocenters. The molecule has 216 valence electrons. The lowest BCUT2D eigenvalue weighted by molar-refractivity contribution is -0.0924. The van der Waals surface area contributed by atoms with Gasteiger partial charge in [-0.05, 0) is 50.7 Å². The number of piperidine rings is 1. The summed E-state index contributed by atoms with van der Waals surface area (Å²) < 4.78 is 6.73. The van der Waals surface area contributed by atoms with Gasteiger partial charge in [0.15, 0.2) is 5.13 Å². The molecular weight excluding hydrogens is 573 g/mol. The Bertz CT molecular complexity index is 1800. The number of rotatable bonds is 6. The summed E-state index contributed by atoms with van der Waals surface area (Å²) in [4.78, 5) is 50.1. The molecule has 42 heavy (non-hydrogen) atoms. The van der Waals surface area contributed by atoms with Crippen LogP contribution >= 0.6 is 22.7 Å². The van der Waals surface area contributed by atoms with Crippen LogP contribution < -0.4 is 20.5 Å². The summed E-state index contributed by atoms with van der Waals surface area (Å²) in [6.45, 7) is 5.60. The number of nitrogens with zero attached hydrogens (tertiary/aromatic N) is 7. The lowest BCUT2D eigenvalue weighted by atomic mass is 9.59. The van der Waals surface area contributed by atoms with Crippen molar-refractivity contribution in [2.75, 3.05) is 30.4 Å². The summed E-state index contributed by atoms with van der Waals surface area (Å²) in [6.07, 6.45) is 5.30. The molecule has 1 amide bonds. The number of ether oxygens (including phenoxy) is 1. The van der Waals surface area contributed by atoms with E-state index >= 15 is 0 Å². The summed E-state index contributed by atoms with van der Waals surface area (Å²) in [6, 6.07) is 4.26. The van der Waals surface area contributed by atoms with Gasteiger partial charge in [0.1, 0.15) is 5.82 Å². The first-order chi connectivity index (χ1) is 20.3. The van der Waals surface area contributed by atoms with Gasteiger partial charge in [-0.3, -0.25) is 14.2 Å². The molecule has 3 saturated heterocycles. The van der Waals surface area contributed by atoms with Gasteiger partial charge >= 0.3 is 0 Å². The van der Waals surface area contributed by atoms with Crippen molar-refractivity contribution in [3.05, 3.63) is 56.5 Å². The highest BCUT2D eigenvalue weighted by molar-refractivity contribution is 7.16. The van der Waals surface area contributed by atoms with Gasteiger partial charge in [-0.1, -0.05) is 0 Å². The minimum Gasteiger partial charge on any atom is -0.490 e. The van der Waals surface area contributed by atoms with Crippen LogP contribution in [0.25, 0.3) is 10.6 Å². The van der Waals surface area contributed by atoms with Crippen LogP contribution in [0, 0.1) is 31.1 Å². The van der Waals surface area contributed by atoms with E-state index in [4.69, 9.17) is 9.72 Å². The van der Waals surface area contributed by atoms with Gasteiger partial charge < -0.3 is 19.9 Å². The average Bonchev–Trinajstić information content (AvgIpc) is 3.22. The van der Waals surface area contributed by atoms with E-state index < -0.39 is 0 Å². The molecular formula is C29H30N8O3S2. The number of hydrogen-bond acceptors (Lipinski definition) is 11. The minimum atomic E-state index is -0.189. The summed E-state index contributed by atoms with van der Waals surface area (Å²) >= 11 is 3.16. The molecule has 11 nitrogen and oxygen atoms in total. The number of fused-ring (bicyclic) bond motifs is 3. The summed E-state index contributed by atoms with van der Waals surface area (Å²) in [7, 11) is 3.22. The van der Waals surface area contributed by atoms with E-state index in [1.165, 1.54) is 24.6 Å². The first kappa shape index (κ1) is 25.8. The standard InChI is InChI=1S/C29H30N8O3S2/c1-14-22(42-15(2)32-14)19-13-41-27(33-19)34-21-6-5-16(10-30-21)25(38)37-23-17-9-29(23)18(24(29)37)7-8-36(12-17)28-31-11-20(40-4)26(39)35(28)3/h5-6,10-11,13,17-18,23-24H,7-9,12H2,1-4H3,(H,30,33,34)/t17-,18?,23?,24-,29?/m0/s1. The van der Waals surface area contributed by atoms with Crippen molar-refractivity contribution < 1.29 is 9.53 Å². The number of methoxy groups -OCH3 is 1. The van der Waals surface area contributed by atoms with Crippen molar-refractivity contribution in [3.8, 4) is 16.3 Å². The molecule has 1 N–H and O–H groups in total. The van der Waals surface area contributed by atoms with Gasteiger partial charge in [0.25, 0.3) is 11.5 Å². The third kappa shape index (κ3) is 3.55. The largest absolute Gasteiger partial charge is 0.490 e. The van der Waals surface area contributed by atoms with Crippen molar-refractivity contribution in [1.29, 1.82) is 0 Å². The zero-order chi connectivity index (χ0) is 28.9. The molecule has 1 spiro atoms. The number of carbonyl (C=O) groups excluding carboxylic acids is 1. The van der Waals surface area contributed by atoms with Crippen LogP contribution in [0.15, 0.2) is 34.7 Å². The lowest BCUT2D eigenvalue weighted by Gasteiger charge is -2.61. The number of hydrogen-bond donors (Lipinski definition) is 1. The second-order valence-corrected chi connectivity index (χ2v) is 13.8. The monoisotopic (exact) mass is 602 g/mol. The second-order valence-electron chi connectivity index (χ2n) is 11.8. The van der Waals surface area contributed by atoms with E-state index in [0.29, 0.717) is 40.6 Å². The molecule has 5 fully saturated rings.